The monoisotopic (exact) mass is 241 g/mol. The molecule has 1 aliphatic heterocycles. The second kappa shape index (κ2) is 5.10. The normalized spacial score (nSPS) is 16.8. The molecule has 3 nitrogen and oxygen atoms in total. The summed E-state index contributed by atoms with van der Waals surface area (Å²) in [7, 11) is 0. The minimum atomic E-state index is -1.20. The summed E-state index contributed by atoms with van der Waals surface area (Å²) >= 11 is 0. The van der Waals surface area contributed by atoms with E-state index in [1.165, 1.54) is 0 Å². The molecule has 0 saturated heterocycles. The van der Waals surface area contributed by atoms with Crippen molar-refractivity contribution in [1.29, 1.82) is 0 Å². The fourth-order valence-electron chi connectivity index (χ4n) is 1.93. The van der Waals surface area contributed by atoms with Gasteiger partial charge in [-0.15, -0.1) is 0 Å². The maximum absolute atomic E-state index is 11.0. The molecule has 1 aliphatic rings. The zero-order chi connectivity index (χ0) is 11.1. The van der Waals surface area contributed by atoms with E-state index in [4.69, 9.17) is 0 Å². The first-order valence-electron chi connectivity index (χ1n) is 4.89. The summed E-state index contributed by atoms with van der Waals surface area (Å²) in [6.07, 6.45) is 0.764. The van der Waals surface area contributed by atoms with E-state index in [0.717, 1.165) is 12.0 Å². The fraction of sp³-hybridized carbons (Fsp3) is 0.333. The van der Waals surface area contributed by atoms with Crippen LogP contribution in [-0.2, 0) is 11.2 Å². The molecule has 1 aromatic rings. The number of hydrogen-bond donors (Lipinski definition) is 0. The molecule has 0 radical (unpaired) electrons. The number of rotatable bonds is 1. The molecule has 0 fully saturated rings. The molecule has 0 aliphatic carbocycles. The standard InChI is InChI=1S/C12H13NO2.K/c1-12(2)7-8-5-3-4-6-9(8)10(13-12)11(14)15;/h3-6H,7H2,1-2H3,(H,14,15);/q;+1/p-1. The van der Waals surface area contributed by atoms with Crippen molar-refractivity contribution in [2.45, 2.75) is 25.8 Å². The molecule has 0 atom stereocenters. The largest absolute Gasteiger partial charge is 1.00 e. The number of aliphatic imine (C=N–C) groups is 1. The van der Waals surface area contributed by atoms with Crippen LogP contribution in [0.4, 0.5) is 0 Å². The van der Waals surface area contributed by atoms with E-state index in [0.29, 0.717) is 5.56 Å². The number of fused-ring (bicyclic) bond motifs is 1. The number of aliphatic carboxylic acids is 1. The van der Waals surface area contributed by atoms with E-state index in [-0.39, 0.29) is 62.6 Å². The maximum Gasteiger partial charge on any atom is 1.00 e. The van der Waals surface area contributed by atoms with Crippen LogP contribution >= 0.6 is 0 Å². The molecule has 4 heteroatoms. The van der Waals surface area contributed by atoms with Crippen molar-refractivity contribution >= 4 is 11.7 Å². The van der Waals surface area contributed by atoms with Gasteiger partial charge in [0.1, 0.15) is 0 Å². The summed E-state index contributed by atoms with van der Waals surface area (Å²) in [5.41, 5.74) is 1.43. The summed E-state index contributed by atoms with van der Waals surface area (Å²) in [4.78, 5) is 15.2. The molecular formula is C12H12KNO2. The zero-order valence-corrected chi connectivity index (χ0v) is 12.9. The molecule has 78 valence electrons. The van der Waals surface area contributed by atoms with Gasteiger partial charge in [0.05, 0.1) is 17.2 Å². The van der Waals surface area contributed by atoms with E-state index in [2.05, 4.69) is 4.99 Å². The van der Waals surface area contributed by atoms with Gasteiger partial charge < -0.3 is 9.90 Å². The molecule has 0 aromatic heterocycles. The second-order valence-corrected chi connectivity index (χ2v) is 4.39. The van der Waals surface area contributed by atoms with Crippen LogP contribution in [0.2, 0.25) is 0 Å². The Labute approximate surface area is 137 Å². The van der Waals surface area contributed by atoms with E-state index in [1.807, 2.05) is 32.0 Å². The van der Waals surface area contributed by atoms with Crippen LogP contribution < -0.4 is 56.5 Å². The van der Waals surface area contributed by atoms with Gasteiger partial charge in [-0.1, -0.05) is 24.3 Å². The Morgan fingerprint density at radius 1 is 1.38 bits per heavy atom. The average Bonchev–Trinajstić information content (AvgIpc) is 2.14. The predicted octanol–water partition coefficient (Wildman–Crippen LogP) is -2.44. The summed E-state index contributed by atoms with van der Waals surface area (Å²) in [5.74, 6) is -1.20. The minimum absolute atomic E-state index is 0. The van der Waals surface area contributed by atoms with Crippen molar-refractivity contribution in [3.05, 3.63) is 35.4 Å². The van der Waals surface area contributed by atoms with Crippen molar-refractivity contribution in [3.8, 4) is 0 Å². The molecule has 1 heterocycles. The van der Waals surface area contributed by atoms with Gasteiger partial charge in [0.2, 0.25) is 0 Å². The molecule has 0 amide bonds. The third-order valence-corrected chi connectivity index (χ3v) is 2.50. The van der Waals surface area contributed by atoms with Crippen LogP contribution in [0.5, 0.6) is 0 Å². The van der Waals surface area contributed by atoms with E-state index in [1.54, 1.807) is 6.07 Å². The topological polar surface area (TPSA) is 52.5 Å². The van der Waals surface area contributed by atoms with Crippen molar-refractivity contribution in [3.63, 3.8) is 0 Å². The Morgan fingerprint density at radius 3 is 2.62 bits per heavy atom. The number of benzene rings is 1. The van der Waals surface area contributed by atoms with Gasteiger partial charge in [-0.25, -0.2) is 0 Å². The molecule has 16 heavy (non-hydrogen) atoms. The van der Waals surface area contributed by atoms with E-state index >= 15 is 0 Å². The van der Waals surface area contributed by atoms with Crippen molar-refractivity contribution < 1.29 is 61.3 Å². The quantitative estimate of drug-likeness (QED) is 0.513. The van der Waals surface area contributed by atoms with Gasteiger partial charge in [0.15, 0.2) is 0 Å². The van der Waals surface area contributed by atoms with Crippen LogP contribution in [0.3, 0.4) is 0 Å². The number of carbonyl (C=O) groups excluding carboxylic acids is 1. The third-order valence-electron chi connectivity index (χ3n) is 2.50. The summed E-state index contributed by atoms with van der Waals surface area (Å²) in [6, 6.07) is 7.44. The number of nitrogens with zero attached hydrogens (tertiary/aromatic N) is 1. The first-order chi connectivity index (χ1) is 6.99. The Hall–Kier alpha value is -0.00364. The first-order valence-corrected chi connectivity index (χ1v) is 4.89. The Bertz CT molecular complexity index is 452. The van der Waals surface area contributed by atoms with Crippen molar-refractivity contribution in [2.24, 2.45) is 4.99 Å². The number of carboxylic acids is 1. The Balaban J connectivity index is 0.00000128. The number of carboxylic acid groups (broad SMARTS) is 1. The maximum atomic E-state index is 11.0. The fourth-order valence-corrected chi connectivity index (χ4v) is 1.93. The smallest absolute Gasteiger partial charge is 0.543 e. The molecule has 1 aromatic carbocycles. The molecule has 0 saturated carbocycles. The Morgan fingerprint density at radius 2 is 2.00 bits per heavy atom. The minimum Gasteiger partial charge on any atom is -0.543 e. The molecule has 0 unspecified atom stereocenters. The third kappa shape index (κ3) is 2.81. The zero-order valence-electron chi connectivity index (χ0n) is 9.78. The van der Waals surface area contributed by atoms with Gasteiger partial charge in [-0.05, 0) is 25.8 Å². The molecule has 0 spiro atoms. The summed E-state index contributed by atoms with van der Waals surface area (Å²) < 4.78 is 0. The van der Waals surface area contributed by atoms with Crippen LogP contribution in [0.25, 0.3) is 0 Å². The van der Waals surface area contributed by atoms with Gasteiger partial charge in [0, 0.05) is 5.56 Å². The second-order valence-electron chi connectivity index (χ2n) is 4.39. The first kappa shape index (κ1) is 14.1. The van der Waals surface area contributed by atoms with E-state index in [9.17, 15) is 9.90 Å². The predicted molar refractivity (Wildman–Crippen MR) is 55.8 cm³/mol. The molecule has 0 N–H and O–H groups in total. The van der Waals surface area contributed by atoms with Crippen molar-refractivity contribution in [1.82, 2.24) is 0 Å². The van der Waals surface area contributed by atoms with Crippen LogP contribution in [0, 0.1) is 0 Å². The van der Waals surface area contributed by atoms with Gasteiger partial charge in [-0.2, -0.15) is 0 Å². The molecular weight excluding hydrogens is 229 g/mol. The molecule has 0 bridgehead atoms. The van der Waals surface area contributed by atoms with Gasteiger partial charge in [0.25, 0.3) is 0 Å². The van der Waals surface area contributed by atoms with Gasteiger partial charge in [-0.3, -0.25) is 4.99 Å². The van der Waals surface area contributed by atoms with Gasteiger partial charge >= 0.3 is 51.4 Å². The summed E-state index contributed by atoms with van der Waals surface area (Å²) in [5, 5.41) is 11.0. The summed E-state index contributed by atoms with van der Waals surface area (Å²) in [6.45, 7) is 3.84. The average molecular weight is 241 g/mol. The van der Waals surface area contributed by atoms with Crippen LogP contribution in [0.15, 0.2) is 29.3 Å². The van der Waals surface area contributed by atoms with E-state index < -0.39 is 5.97 Å². The number of hydrogen-bond acceptors (Lipinski definition) is 3. The van der Waals surface area contributed by atoms with Crippen LogP contribution in [-0.4, -0.2) is 17.2 Å². The molecule has 2 rings (SSSR count). The number of carbonyl (C=O) groups is 1. The SMILES string of the molecule is CC1(C)Cc2ccccc2C(C(=O)[O-])=N1.[K+]. The van der Waals surface area contributed by atoms with Crippen LogP contribution in [0.1, 0.15) is 25.0 Å². The Kier molecular flexibility index (Phi) is 4.48. The van der Waals surface area contributed by atoms with Crippen molar-refractivity contribution in [2.75, 3.05) is 0 Å².